The van der Waals surface area contributed by atoms with E-state index in [2.05, 4.69) is 34.0 Å². The minimum absolute atomic E-state index is 0.487. The van der Waals surface area contributed by atoms with Crippen LogP contribution in [0.25, 0.3) is 0 Å². The lowest BCUT2D eigenvalue weighted by molar-refractivity contribution is 1.46. The number of hydrogen-bond donors (Lipinski definition) is 2. The zero-order chi connectivity index (χ0) is 12.3. The minimum Gasteiger partial charge on any atom is -0.398 e. The van der Waals surface area contributed by atoms with Gasteiger partial charge in [-0.1, -0.05) is 12.1 Å². The van der Waals surface area contributed by atoms with E-state index in [4.69, 9.17) is 11.0 Å². The van der Waals surface area contributed by atoms with Crippen molar-refractivity contribution in [1.82, 2.24) is 0 Å². The minimum atomic E-state index is 0.487. The van der Waals surface area contributed by atoms with E-state index in [0.717, 1.165) is 14.9 Å². The summed E-state index contributed by atoms with van der Waals surface area (Å²) in [6.45, 7) is 0. The molecule has 0 aliphatic carbocycles. The fourth-order valence-corrected chi connectivity index (χ4v) is 1.97. The van der Waals surface area contributed by atoms with Crippen molar-refractivity contribution < 1.29 is 0 Å². The van der Waals surface area contributed by atoms with Crippen molar-refractivity contribution in [3.8, 4) is 6.07 Å². The van der Waals surface area contributed by atoms with Crippen molar-refractivity contribution in [2.24, 2.45) is 0 Å². The van der Waals surface area contributed by atoms with Crippen molar-refractivity contribution in [2.75, 3.05) is 11.1 Å². The number of para-hydroxylation sites is 1. The summed E-state index contributed by atoms with van der Waals surface area (Å²) in [6.07, 6.45) is 0. The van der Waals surface area contributed by atoms with Gasteiger partial charge in [0.2, 0.25) is 0 Å². The average molecular weight is 335 g/mol. The fourth-order valence-electron chi connectivity index (χ4n) is 1.45. The van der Waals surface area contributed by atoms with Crippen LogP contribution < -0.4 is 11.1 Å². The van der Waals surface area contributed by atoms with Gasteiger partial charge in [0, 0.05) is 14.9 Å². The van der Waals surface area contributed by atoms with Crippen molar-refractivity contribution in [3.05, 3.63) is 51.6 Å². The number of hydrogen-bond acceptors (Lipinski definition) is 3. The van der Waals surface area contributed by atoms with Gasteiger partial charge in [-0.05, 0) is 52.9 Å². The molecule has 0 atom stereocenters. The highest BCUT2D eigenvalue weighted by Crippen LogP contribution is 2.24. The van der Waals surface area contributed by atoms with E-state index in [-0.39, 0.29) is 0 Å². The first kappa shape index (κ1) is 11.7. The van der Waals surface area contributed by atoms with Crippen LogP contribution in [-0.2, 0) is 0 Å². The SMILES string of the molecule is N#Cc1cc(Nc2ccccc2I)ccc1N. The number of halogens is 1. The number of nitrogens with one attached hydrogen (secondary N) is 1. The van der Waals surface area contributed by atoms with Gasteiger partial charge in [-0.25, -0.2) is 0 Å². The Bertz CT molecular complexity index is 587. The van der Waals surface area contributed by atoms with Crippen LogP contribution in [0.5, 0.6) is 0 Å². The lowest BCUT2D eigenvalue weighted by Gasteiger charge is -2.09. The molecule has 0 aromatic heterocycles. The van der Waals surface area contributed by atoms with Crippen LogP contribution in [0.3, 0.4) is 0 Å². The number of anilines is 3. The first-order valence-corrected chi connectivity index (χ1v) is 6.10. The van der Waals surface area contributed by atoms with Crippen LogP contribution in [0.4, 0.5) is 17.1 Å². The van der Waals surface area contributed by atoms with Gasteiger partial charge in [0.15, 0.2) is 0 Å². The predicted octanol–water partition coefficient (Wildman–Crippen LogP) is 3.49. The summed E-state index contributed by atoms with van der Waals surface area (Å²) in [6, 6.07) is 15.4. The molecular weight excluding hydrogens is 325 g/mol. The number of nitrogens with two attached hydrogens (primary N) is 1. The standard InChI is InChI=1S/C13H10IN3/c14-11-3-1-2-4-13(11)17-10-5-6-12(16)9(7-10)8-15/h1-7,17H,16H2. The zero-order valence-corrected chi connectivity index (χ0v) is 11.1. The van der Waals surface area contributed by atoms with Crippen molar-refractivity contribution in [3.63, 3.8) is 0 Å². The third-order valence-corrected chi connectivity index (χ3v) is 3.27. The number of nitrogens with zero attached hydrogens (tertiary/aromatic N) is 1. The average Bonchev–Trinajstić information content (AvgIpc) is 2.34. The smallest absolute Gasteiger partial charge is 0.101 e. The summed E-state index contributed by atoms with van der Waals surface area (Å²) in [7, 11) is 0. The zero-order valence-electron chi connectivity index (χ0n) is 8.94. The molecule has 0 amide bonds. The normalized spacial score (nSPS) is 9.65. The number of nitrogen functional groups attached to an aromatic ring is 1. The highest BCUT2D eigenvalue weighted by atomic mass is 127. The quantitative estimate of drug-likeness (QED) is 0.652. The second kappa shape index (κ2) is 5.06. The number of nitriles is 1. The van der Waals surface area contributed by atoms with Crippen molar-refractivity contribution in [2.45, 2.75) is 0 Å². The maximum Gasteiger partial charge on any atom is 0.101 e. The third kappa shape index (κ3) is 2.68. The molecule has 0 saturated heterocycles. The largest absolute Gasteiger partial charge is 0.398 e. The Morgan fingerprint density at radius 3 is 2.65 bits per heavy atom. The first-order chi connectivity index (χ1) is 8.20. The van der Waals surface area contributed by atoms with Crippen LogP contribution in [0.15, 0.2) is 42.5 Å². The summed E-state index contributed by atoms with van der Waals surface area (Å²) in [5.74, 6) is 0. The second-order valence-electron chi connectivity index (χ2n) is 3.52. The van der Waals surface area contributed by atoms with Gasteiger partial charge < -0.3 is 11.1 Å². The van der Waals surface area contributed by atoms with E-state index in [9.17, 15) is 0 Å². The van der Waals surface area contributed by atoms with E-state index < -0.39 is 0 Å². The Kier molecular flexibility index (Phi) is 3.49. The number of rotatable bonds is 2. The van der Waals surface area contributed by atoms with Crippen molar-refractivity contribution >= 4 is 39.7 Å². The first-order valence-electron chi connectivity index (χ1n) is 5.02. The molecule has 3 N–H and O–H groups in total. The molecule has 2 rings (SSSR count). The van der Waals surface area contributed by atoms with Crippen LogP contribution >= 0.6 is 22.6 Å². The summed E-state index contributed by atoms with van der Waals surface area (Å²) >= 11 is 2.26. The molecule has 0 radical (unpaired) electrons. The monoisotopic (exact) mass is 335 g/mol. The van der Waals surface area contributed by atoms with Gasteiger partial charge in [-0.2, -0.15) is 5.26 Å². The van der Waals surface area contributed by atoms with Gasteiger partial charge in [0.25, 0.3) is 0 Å². The molecule has 0 fully saturated rings. The van der Waals surface area contributed by atoms with E-state index in [0.29, 0.717) is 11.3 Å². The summed E-state index contributed by atoms with van der Waals surface area (Å²) in [5.41, 5.74) is 8.54. The molecular formula is C13H10IN3. The molecule has 0 aliphatic heterocycles. The van der Waals surface area contributed by atoms with Gasteiger partial charge in [-0.15, -0.1) is 0 Å². The predicted molar refractivity (Wildman–Crippen MR) is 78.0 cm³/mol. The van der Waals surface area contributed by atoms with Gasteiger partial charge in [0.1, 0.15) is 6.07 Å². The molecule has 3 nitrogen and oxygen atoms in total. The molecule has 17 heavy (non-hydrogen) atoms. The van der Waals surface area contributed by atoms with Crippen LogP contribution in [0, 0.1) is 14.9 Å². The van der Waals surface area contributed by atoms with Gasteiger partial charge >= 0.3 is 0 Å². The third-order valence-electron chi connectivity index (χ3n) is 2.33. The Hall–Kier alpha value is -1.74. The molecule has 0 unspecified atom stereocenters. The Morgan fingerprint density at radius 1 is 1.18 bits per heavy atom. The highest BCUT2D eigenvalue weighted by Gasteiger charge is 2.02. The maximum absolute atomic E-state index is 8.90. The number of benzene rings is 2. The fraction of sp³-hybridized carbons (Fsp3) is 0. The highest BCUT2D eigenvalue weighted by molar-refractivity contribution is 14.1. The molecule has 0 spiro atoms. The van der Waals surface area contributed by atoms with Crippen LogP contribution in [0.1, 0.15) is 5.56 Å². The maximum atomic E-state index is 8.90. The second-order valence-corrected chi connectivity index (χ2v) is 4.68. The van der Waals surface area contributed by atoms with E-state index >= 15 is 0 Å². The van der Waals surface area contributed by atoms with Gasteiger partial charge in [0.05, 0.1) is 11.3 Å². The van der Waals surface area contributed by atoms with Crippen molar-refractivity contribution in [1.29, 1.82) is 5.26 Å². The Morgan fingerprint density at radius 2 is 1.94 bits per heavy atom. The molecule has 4 heteroatoms. The molecule has 0 heterocycles. The lowest BCUT2D eigenvalue weighted by Crippen LogP contribution is -1.95. The van der Waals surface area contributed by atoms with Crippen LogP contribution in [-0.4, -0.2) is 0 Å². The van der Waals surface area contributed by atoms with Gasteiger partial charge in [-0.3, -0.25) is 0 Å². The van der Waals surface area contributed by atoms with Crippen LogP contribution in [0.2, 0.25) is 0 Å². The molecule has 0 saturated carbocycles. The molecule has 0 bridgehead atoms. The summed E-state index contributed by atoms with van der Waals surface area (Å²) in [4.78, 5) is 0. The summed E-state index contributed by atoms with van der Waals surface area (Å²) < 4.78 is 1.13. The summed E-state index contributed by atoms with van der Waals surface area (Å²) in [5, 5.41) is 12.2. The molecule has 84 valence electrons. The van der Waals surface area contributed by atoms with E-state index in [1.165, 1.54) is 0 Å². The molecule has 2 aromatic carbocycles. The molecule has 2 aromatic rings. The lowest BCUT2D eigenvalue weighted by atomic mass is 10.1. The topological polar surface area (TPSA) is 61.8 Å². The Balaban J connectivity index is 2.32. The Labute approximate surface area is 113 Å². The molecule has 0 aliphatic rings. The van der Waals surface area contributed by atoms with E-state index in [1.807, 2.05) is 30.3 Å². The van der Waals surface area contributed by atoms with E-state index in [1.54, 1.807) is 12.1 Å².